The molecule has 4 aromatic rings. The molecule has 0 fully saturated rings. The van der Waals surface area contributed by atoms with Crippen molar-refractivity contribution >= 4 is 44.9 Å². The Morgan fingerprint density at radius 2 is 1.89 bits per heavy atom. The fraction of sp³-hybridized carbons (Fsp3) is 0.182. The SMILES string of the molecule is Cc1cc([N+](=O)[O-])nn1CCC(=O)Nc1c(C(N)=O)sc2nc(C(F)(F)F)cc(-c3ccc(F)cc3)c12. The van der Waals surface area contributed by atoms with E-state index in [1.165, 1.54) is 22.9 Å². The Balaban J connectivity index is 1.77. The Hall–Kier alpha value is -4.40. The summed E-state index contributed by atoms with van der Waals surface area (Å²) in [6.07, 6.45) is -5.07. The molecular weight excluding hydrogens is 520 g/mol. The second kappa shape index (κ2) is 9.57. The lowest BCUT2D eigenvalue weighted by Crippen LogP contribution is -2.18. The second-order valence-electron chi connectivity index (χ2n) is 7.83. The number of alkyl halides is 3. The van der Waals surface area contributed by atoms with Gasteiger partial charge in [-0.15, -0.1) is 11.3 Å². The van der Waals surface area contributed by atoms with Gasteiger partial charge in [0.15, 0.2) is 0 Å². The zero-order valence-electron chi connectivity index (χ0n) is 18.8. The van der Waals surface area contributed by atoms with E-state index in [9.17, 15) is 37.3 Å². The number of hydrogen-bond acceptors (Lipinski definition) is 7. The molecule has 3 heterocycles. The molecule has 192 valence electrons. The van der Waals surface area contributed by atoms with Crippen molar-refractivity contribution in [1.29, 1.82) is 0 Å². The van der Waals surface area contributed by atoms with E-state index in [0.29, 0.717) is 17.0 Å². The van der Waals surface area contributed by atoms with Crippen molar-refractivity contribution in [2.45, 2.75) is 26.1 Å². The van der Waals surface area contributed by atoms with Crippen LogP contribution in [0.25, 0.3) is 21.3 Å². The Morgan fingerprint density at radius 1 is 1.22 bits per heavy atom. The first-order valence-corrected chi connectivity index (χ1v) is 11.3. The maximum absolute atomic E-state index is 13.6. The number of carbonyl (C=O) groups is 2. The Labute approximate surface area is 208 Å². The number of primary amides is 1. The summed E-state index contributed by atoms with van der Waals surface area (Å²) in [5, 5.41) is 17.2. The third-order valence-electron chi connectivity index (χ3n) is 5.30. The quantitative estimate of drug-likeness (QED) is 0.200. The van der Waals surface area contributed by atoms with Gasteiger partial charge in [0.1, 0.15) is 21.2 Å². The van der Waals surface area contributed by atoms with Gasteiger partial charge in [-0.25, -0.2) is 9.37 Å². The number of halogens is 4. The van der Waals surface area contributed by atoms with Gasteiger partial charge in [0.2, 0.25) is 5.91 Å². The van der Waals surface area contributed by atoms with Crippen LogP contribution in [0.3, 0.4) is 0 Å². The molecule has 15 heteroatoms. The molecule has 0 aliphatic heterocycles. The van der Waals surface area contributed by atoms with Crippen molar-refractivity contribution in [2.24, 2.45) is 5.73 Å². The summed E-state index contributed by atoms with van der Waals surface area (Å²) in [4.78, 5) is 38.3. The Morgan fingerprint density at radius 3 is 2.46 bits per heavy atom. The van der Waals surface area contributed by atoms with Crippen LogP contribution in [0.15, 0.2) is 36.4 Å². The lowest BCUT2D eigenvalue weighted by atomic mass is 10.0. The van der Waals surface area contributed by atoms with E-state index in [1.807, 2.05) is 0 Å². The third-order valence-corrected chi connectivity index (χ3v) is 6.40. The molecule has 0 spiro atoms. The van der Waals surface area contributed by atoms with Gasteiger partial charge in [0, 0.05) is 11.8 Å². The van der Waals surface area contributed by atoms with E-state index < -0.39 is 40.2 Å². The van der Waals surface area contributed by atoms with E-state index in [2.05, 4.69) is 15.4 Å². The number of pyridine rings is 1. The molecule has 37 heavy (non-hydrogen) atoms. The Bertz CT molecular complexity index is 1550. The zero-order valence-corrected chi connectivity index (χ0v) is 19.6. The van der Waals surface area contributed by atoms with E-state index in [0.717, 1.165) is 18.2 Å². The number of nitro groups is 1. The molecular formula is C22H16F4N6O4S. The van der Waals surface area contributed by atoms with Crippen molar-refractivity contribution in [1.82, 2.24) is 14.8 Å². The second-order valence-corrected chi connectivity index (χ2v) is 8.83. The lowest BCUT2D eigenvalue weighted by molar-refractivity contribution is -0.389. The highest BCUT2D eigenvalue weighted by atomic mass is 32.1. The average Bonchev–Trinajstić information content (AvgIpc) is 3.38. The highest BCUT2D eigenvalue weighted by molar-refractivity contribution is 7.21. The van der Waals surface area contributed by atoms with Crippen LogP contribution >= 0.6 is 11.3 Å². The predicted octanol–water partition coefficient (Wildman–Crippen LogP) is 4.66. The smallest absolute Gasteiger partial charge is 0.365 e. The number of aryl methyl sites for hydroxylation is 2. The fourth-order valence-corrected chi connectivity index (χ4v) is 4.62. The van der Waals surface area contributed by atoms with Gasteiger partial charge in [-0.3, -0.25) is 9.59 Å². The summed E-state index contributed by atoms with van der Waals surface area (Å²) >= 11 is 0.573. The normalized spacial score (nSPS) is 11.6. The number of carbonyl (C=O) groups excluding carboxylic acids is 2. The van der Waals surface area contributed by atoms with Gasteiger partial charge in [-0.05, 0) is 41.2 Å². The molecule has 3 aromatic heterocycles. The van der Waals surface area contributed by atoms with Crippen molar-refractivity contribution < 1.29 is 32.1 Å². The van der Waals surface area contributed by atoms with E-state index in [-0.39, 0.29) is 44.9 Å². The number of rotatable bonds is 7. The number of hydrogen-bond donors (Lipinski definition) is 2. The van der Waals surface area contributed by atoms with Gasteiger partial charge in [0.25, 0.3) is 5.91 Å². The molecule has 10 nitrogen and oxygen atoms in total. The molecule has 0 unspecified atom stereocenters. The first-order valence-electron chi connectivity index (χ1n) is 10.4. The van der Waals surface area contributed by atoms with E-state index in [1.54, 1.807) is 6.92 Å². The maximum Gasteiger partial charge on any atom is 0.433 e. The minimum atomic E-state index is -4.83. The van der Waals surface area contributed by atoms with Gasteiger partial charge in [-0.2, -0.15) is 17.9 Å². The molecule has 0 radical (unpaired) electrons. The number of nitrogens with two attached hydrogens (primary N) is 1. The van der Waals surface area contributed by atoms with Crippen molar-refractivity contribution in [3.8, 4) is 11.1 Å². The maximum atomic E-state index is 13.6. The number of anilines is 1. The first kappa shape index (κ1) is 25.7. The number of nitrogens with zero attached hydrogens (tertiary/aromatic N) is 4. The molecule has 0 aliphatic carbocycles. The van der Waals surface area contributed by atoms with Crippen LogP contribution in [0.1, 0.15) is 27.5 Å². The van der Waals surface area contributed by atoms with Crippen LogP contribution < -0.4 is 11.1 Å². The molecule has 0 aliphatic rings. The van der Waals surface area contributed by atoms with Gasteiger partial charge < -0.3 is 21.2 Å². The number of thiophene rings is 1. The minimum absolute atomic E-state index is 0.0256. The highest BCUT2D eigenvalue weighted by Crippen LogP contribution is 2.43. The summed E-state index contributed by atoms with van der Waals surface area (Å²) in [6, 6.07) is 6.60. The van der Waals surface area contributed by atoms with Crippen molar-refractivity contribution in [2.75, 3.05) is 5.32 Å². The molecule has 1 aromatic carbocycles. The number of benzene rings is 1. The number of nitrogens with one attached hydrogen (secondary N) is 1. The fourth-order valence-electron chi connectivity index (χ4n) is 3.61. The highest BCUT2D eigenvalue weighted by Gasteiger charge is 2.35. The molecule has 0 saturated carbocycles. The summed E-state index contributed by atoms with van der Waals surface area (Å²) in [5.74, 6) is -2.68. The van der Waals surface area contributed by atoms with Gasteiger partial charge >= 0.3 is 12.0 Å². The van der Waals surface area contributed by atoms with Crippen LogP contribution in [-0.2, 0) is 17.5 Å². The summed E-state index contributed by atoms with van der Waals surface area (Å²) < 4.78 is 55.4. The molecule has 4 rings (SSSR count). The lowest BCUT2D eigenvalue weighted by Gasteiger charge is -2.12. The van der Waals surface area contributed by atoms with Crippen molar-refractivity contribution in [3.05, 3.63) is 68.6 Å². The Kier molecular flexibility index (Phi) is 6.64. The minimum Gasteiger partial charge on any atom is -0.365 e. The summed E-state index contributed by atoms with van der Waals surface area (Å²) in [6.45, 7) is 1.51. The first-order chi connectivity index (χ1) is 17.3. The molecule has 0 saturated heterocycles. The molecule has 3 N–H and O–H groups in total. The molecule has 2 amide bonds. The van der Waals surface area contributed by atoms with Crippen LogP contribution in [0.5, 0.6) is 0 Å². The van der Waals surface area contributed by atoms with Gasteiger partial charge in [-0.1, -0.05) is 12.1 Å². The summed E-state index contributed by atoms with van der Waals surface area (Å²) in [5.41, 5.74) is 4.63. The van der Waals surface area contributed by atoms with Crippen LogP contribution in [-0.4, -0.2) is 31.5 Å². The van der Waals surface area contributed by atoms with Crippen LogP contribution in [0, 0.1) is 22.9 Å². The molecule has 0 atom stereocenters. The van der Waals surface area contributed by atoms with E-state index >= 15 is 0 Å². The number of aromatic nitrogens is 3. The zero-order chi connectivity index (χ0) is 27.1. The average molecular weight is 536 g/mol. The predicted molar refractivity (Wildman–Crippen MR) is 125 cm³/mol. The van der Waals surface area contributed by atoms with Crippen LogP contribution in [0.2, 0.25) is 0 Å². The summed E-state index contributed by atoms with van der Waals surface area (Å²) in [7, 11) is 0. The monoisotopic (exact) mass is 536 g/mol. The number of fused-ring (bicyclic) bond motifs is 1. The third kappa shape index (κ3) is 5.25. The molecule has 0 bridgehead atoms. The van der Waals surface area contributed by atoms with Gasteiger partial charge in [0.05, 0.1) is 29.1 Å². The van der Waals surface area contributed by atoms with Crippen molar-refractivity contribution in [3.63, 3.8) is 0 Å². The van der Waals surface area contributed by atoms with E-state index in [4.69, 9.17) is 5.73 Å². The largest absolute Gasteiger partial charge is 0.433 e. The standard InChI is InChI=1S/C22H16F4N6O4S/c1-10-8-15(32(35)36)30-31(10)7-6-16(33)29-18-17-13(11-2-4-12(23)5-3-11)9-14(22(24,25)26)28-21(17)37-19(18)20(27)34/h2-5,8-9H,6-7H2,1H3,(H2,27,34)(H,29,33). The topological polar surface area (TPSA) is 146 Å². The number of amides is 2. The van der Waals surface area contributed by atoms with Crippen LogP contribution in [0.4, 0.5) is 29.1 Å².